The summed E-state index contributed by atoms with van der Waals surface area (Å²) in [7, 11) is 0. The monoisotopic (exact) mass is 519 g/mol. The maximum Gasteiger partial charge on any atom is 0.214 e. The summed E-state index contributed by atoms with van der Waals surface area (Å²) in [4.78, 5) is 0. The molecule has 0 aliphatic rings. The molecule has 0 saturated heterocycles. The summed E-state index contributed by atoms with van der Waals surface area (Å²) in [5.41, 5.74) is 3.26. The number of halogens is 2. The van der Waals surface area contributed by atoms with E-state index in [2.05, 4.69) is 61.9 Å². The van der Waals surface area contributed by atoms with Crippen LogP contribution < -0.4 is 5.32 Å². The Bertz CT molecular complexity index is 1100. The lowest BCUT2D eigenvalue weighted by Gasteiger charge is -2.05. The SMILES string of the molecule is Cc1cc(-c2ccc(CNCCCSc3nnnn3-c3ccccc3)o2)ccc1Br.Cl. The highest BCUT2D eigenvalue weighted by atomic mass is 79.9. The topological polar surface area (TPSA) is 68.8 Å². The van der Waals surface area contributed by atoms with Gasteiger partial charge in [0.1, 0.15) is 11.5 Å². The number of hydrogen-bond donors (Lipinski definition) is 1. The molecule has 2 heterocycles. The molecule has 9 heteroatoms. The molecule has 0 unspecified atom stereocenters. The van der Waals surface area contributed by atoms with E-state index in [1.807, 2.05) is 42.5 Å². The molecule has 1 N–H and O–H groups in total. The van der Waals surface area contributed by atoms with Gasteiger partial charge in [0.25, 0.3) is 0 Å². The fraction of sp³-hybridized carbons (Fsp3) is 0.227. The van der Waals surface area contributed by atoms with E-state index in [1.165, 1.54) is 5.56 Å². The van der Waals surface area contributed by atoms with Crippen molar-refractivity contribution < 1.29 is 4.42 Å². The van der Waals surface area contributed by atoms with Gasteiger partial charge in [-0.1, -0.05) is 52.0 Å². The normalized spacial score (nSPS) is 10.8. The lowest BCUT2D eigenvalue weighted by atomic mass is 10.1. The third-order valence-corrected chi connectivity index (χ3v) is 6.47. The Morgan fingerprint density at radius 3 is 2.74 bits per heavy atom. The first-order chi connectivity index (χ1) is 14.7. The second-order valence-corrected chi connectivity index (χ2v) is 8.73. The zero-order chi connectivity index (χ0) is 20.8. The highest BCUT2D eigenvalue weighted by molar-refractivity contribution is 9.10. The van der Waals surface area contributed by atoms with E-state index in [4.69, 9.17) is 4.42 Å². The Morgan fingerprint density at radius 1 is 1.10 bits per heavy atom. The first-order valence-corrected chi connectivity index (χ1v) is 11.5. The molecule has 4 aromatic rings. The van der Waals surface area contributed by atoms with Gasteiger partial charge in [-0.3, -0.25) is 0 Å². The maximum absolute atomic E-state index is 5.98. The summed E-state index contributed by atoms with van der Waals surface area (Å²) in [6.07, 6.45) is 1.01. The molecule has 0 aliphatic heterocycles. The third kappa shape index (κ3) is 6.20. The standard InChI is InChI=1S/C22H22BrN5OS.ClH/c1-16-14-17(8-10-20(16)23)21-11-9-19(29-21)15-24-12-5-13-30-22-25-26-27-28(22)18-6-3-2-4-7-18;/h2-4,6-11,14,24H,5,12-13,15H2,1H3;1H. The van der Waals surface area contributed by atoms with Gasteiger partial charge in [0.15, 0.2) is 0 Å². The fourth-order valence-corrected chi connectivity index (χ4v) is 4.07. The van der Waals surface area contributed by atoms with Crippen molar-refractivity contribution in [3.05, 3.63) is 76.5 Å². The molecule has 0 aliphatic carbocycles. The van der Waals surface area contributed by atoms with Gasteiger partial charge in [0.2, 0.25) is 5.16 Å². The van der Waals surface area contributed by atoms with Crippen LogP contribution in [-0.4, -0.2) is 32.5 Å². The van der Waals surface area contributed by atoms with Crippen molar-refractivity contribution in [2.45, 2.75) is 25.0 Å². The van der Waals surface area contributed by atoms with Crippen molar-refractivity contribution in [3.63, 3.8) is 0 Å². The minimum absolute atomic E-state index is 0. The summed E-state index contributed by atoms with van der Waals surface area (Å²) in [5.74, 6) is 2.76. The van der Waals surface area contributed by atoms with Crippen LogP contribution in [-0.2, 0) is 6.54 Å². The second-order valence-electron chi connectivity index (χ2n) is 6.82. The number of aryl methyl sites for hydroxylation is 1. The zero-order valence-electron chi connectivity index (χ0n) is 17.0. The van der Waals surface area contributed by atoms with Gasteiger partial charge in [0, 0.05) is 15.8 Å². The van der Waals surface area contributed by atoms with E-state index < -0.39 is 0 Å². The van der Waals surface area contributed by atoms with Crippen LogP contribution in [0.1, 0.15) is 17.7 Å². The molecule has 162 valence electrons. The van der Waals surface area contributed by atoms with Crippen molar-refractivity contribution in [2.75, 3.05) is 12.3 Å². The highest BCUT2D eigenvalue weighted by Crippen LogP contribution is 2.26. The molecular weight excluding hydrogens is 498 g/mol. The third-order valence-electron chi connectivity index (χ3n) is 4.57. The van der Waals surface area contributed by atoms with E-state index >= 15 is 0 Å². The number of furan rings is 1. The summed E-state index contributed by atoms with van der Waals surface area (Å²) >= 11 is 5.19. The van der Waals surface area contributed by atoms with Crippen molar-refractivity contribution in [2.24, 2.45) is 0 Å². The number of nitrogens with zero attached hydrogens (tertiary/aromatic N) is 4. The van der Waals surface area contributed by atoms with Crippen LogP contribution in [0.4, 0.5) is 0 Å². The second kappa shape index (κ2) is 11.5. The number of rotatable bonds is 9. The minimum atomic E-state index is 0. The van der Waals surface area contributed by atoms with Gasteiger partial charge in [-0.25, -0.2) is 0 Å². The molecule has 31 heavy (non-hydrogen) atoms. The molecular formula is C22H23BrClN5OS. The van der Waals surface area contributed by atoms with Crippen LogP contribution in [0.2, 0.25) is 0 Å². The van der Waals surface area contributed by atoms with Crippen molar-refractivity contribution in [1.82, 2.24) is 25.5 Å². The number of benzene rings is 2. The Labute approximate surface area is 200 Å². The number of tetrazole rings is 1. The summed E-state index contributed by atoms with van der Waals surface area (Å²) in [6.45, 7) is 3.69. The van der Waals surface area contributed by atoms with Crippen molar-refractivity contribution in [3.8, 4) is 17.0 Å². The number of para-hydroxylation sites is 1. The van der Waals surface area contributed by atoms with Crippen molar-refractivity contribution in [1.29, 1.82) is 0 Å². The van der Waals surface area contributed by atoms with Gasteiger partial charge >= 0.3 is 0 Å². The van der Waals surface area contributed by atoms with E-state index in [1.54, 1.807) is 16.4 Å². The number of nitrogens with one attached hydrogen (secondary N) is 1. The van der Waals surface area contributed by atoms with Crippen LogP contribution in [0.5, 0.6) is 0 Å². The zero-order valence-corrected chi connectivity index (χ0v) is 20.2. The largest absolute Gasteiger partial charge is 0.460 e. The van der Waals surface area contributed by atoms with Crippen LogP contribution in [0, 0.1) is 6.92 Å². The summed E-state index contributed by atoms with van der Waals surface area (Å²) in [5, 5.41) is 16.3. The van der Waals surface area contributed by atoms with Gasteiger partial charge in [0.05, 0.1) is 12.2 Å². The molecule has 0 amide bonds. The summed E-state index contributed by atoms with van der Waals surface area (Å²) < 4.78 is 8.86. The minimum Gasteiger partial charge on any atom is -0.460 e. The first kappa shape index (κ1) is 23.5. The number of thioether (sulfide) groups is 1. The fourth-order valence-electron chi connectivity index (χ4n) is 3.00. The molecule has 0 atom stereocenters. The molecule has 0 spiro atoms. The van der Waals surface area contributed by atoms with Crippen LogP contribution >= 0.6 is 40.1 Å². The molecule has 6 nitrogen and oxygen atoms in total. The Hall–Kier alpha value is -2.13. The molecule has 0 bridgehead atoms. The van der Waals surface area contributed by atoms with Gasteiger partial charge in [-0.05, 0) is 72.3 Å². The quantitative estimate of drug-likeness (QED) is 0.226. The Morgan fingerprint density at radius 2 is 1.94 bits per heavy atom. The Balaban J connectivity index is 0.00000272. The summed E-state index contributed by atoms with van der Waals surface area (Å²) in [6, 6.07) is 20.2. The number of aromatic nitrogens is 4. The molecule has 0 fully saturated rings. The lowest BCUT2D eigenvalue weighted by Crippen LogP contribution is -2.14. The van der Waals surface area contributed by atoms with Gasteiger partial charge in [-0.15, -0.1) is 17.5 Å². The smallest absolute Gasteiger partial charge is 0.214 e. The molecule has 0 radical (unpaired) electrons. The first-order valence-electron chi connectivity index (χ1n) is 9.73. The van der Waals surface area contributed by atoms with Crippen LogP contribution in [0.3, 0.4) is 0 Å². The van der Waals surface area contributed by atoms with E-state index in [0.717, 1.165) is 51.1 Å². The molecule has 2 aromatic carbocycles. The van der Waals surface area contributed by atoms with Gasteiger partial charge < -0.3 is 9.73 Å². The van der Waals surface area contributed by atoms with Crippen LogP contribution in [0.25, 0.3) is 17.0 Å². The predicted octanol–water partition coefficient (Wildman–Crippen LogP) is 5.69. The van der Waals surface area contributed by atoms with Crippen molar-refractivity contribution >= 4 is 40.1 Å². The molecule has 4 rings (SSSR count). The van der Waals surface area contributed by atoms with Gasteiger partial charge in [-0.2, -0.15) is 4.68 Å². The highest BCUT2D eigenvalue weighted by Gasteiger charge is 2.09. The average Bonchev–Trinajstić information content (AvgIpc) is 3.43. The Kier molecular flexibility index (Phi) is 8.71. The predicted molar refractivity (Wildman–Crippen MR) is 130 cm³/mol. The van der Waals surface area contributed by atoms with Crippen LogP contribution in [0.15, 0.2) is 74.7 Å². The average molecular weight is 521 g/mol. The molecule has 2 aromatic heterocycles. The maximum atomic E-state index is 5.98. The van der Waals surface area contributed by atoms with E-state index in [9.17, 15) is 0 Å². The van der Waals surface area contributed by atoms with E-state index in [-0.39, 0.29) is 12.4 Å². The number of hydrogen-bond acceptors (Lipinski definition) is 6. The lowest BCUT2D eigenvalue weighted by molar-refractivity contribution is 0.494. The molecule has 0 saturated carbocycles. The van der Waals surface area contributed by atoms with E-state index in [0.29, 0.717) is 6.54 Å².